The van der Waals surface area contributed by atoms with E-state index in [0.717, 1.165) is 0 Å². The molecule has 1 atom stereocenters. The van der Waals surface area contributed by atoms with E-state index in [4.69, 9.17) is 9.47 Å². The standard InChI is InChI=1S/C20H22FN5O4S2/c1-4-29-17(28)9-14-10-31-19(22-14)23-16(27)11-32-20-25-24-18(26(20)3)12(2)30-15-7-5-13(21)6-8-15/h5-8,10,12H,4,9,11H2,1-3H3,(H,22,23,27). The van der Waals surface area contributed by atoms with Gasteiger partial charge in [-0.05, 0) is 38.1 Å². The molecule has 2 aromatic heterocycles. The first-order chi connectivity index (χ1) is 15.4. The largest absolute Gasteiger partial charge is 0.483 e. The van der Waals surface area contributed by atoms with E-state index < -0.39 is 6.10 Å². The number of amides is 1. The molecule has 32 heavy (non-hydrogen) atoms. The van der Waals surface area contributed by atoms with Crippen molar-refractivity contribution in [3.05, 3.63) is 47.0 Å². The van der Waals surface area contributed by atoms with Gasteiger partial charge in [0.25, 0.3) is 0 Å². The number of esters is 1. The van der Waals surface area contributed by atoms with E-state index >= 15 is 0 Å². The molecule has 1 unspecified atom stereocenters. The number of rotatable bonds is 10. The van der Waals surface area contributed by atoms with E-state index in [0.29, 0.717) is 34.2 Å². The lowest BCUT2D eigenvalue weighted by atomic mass is 10.3. The van der Waals surface area contributed by atoms with Crippen molar-refractivity contribution in [2.24, 2.45) is 7.05 Å². The molecule has 0 saturated heterocycles. The number of benzene rings is 1. The molecule has 2 heterocycles. The molecular formula is C20H22FN5O4S2. The molecule has 0 aliphatic rings. The van der Waals surface area contributed by atoms with Crippen molar-refractivity contribution in [3.8, 4) is 5.75 Å². The van der Waals surface area contributed by atoms with Crippen LogP contribution < -0.4 is 10.1 Å². The van der Waals surface area contributed by atoms with Gasteiger partial charge in [-0.15, -0.1) is 21.5 Å². The van der Waals surface area contributed by atoms with Crippen LogP contribution in [0.2, 0.25) is 0 Å². The van der Waals surface area contributed by atoms with Crippen molar-refractivity contribution in [1.82, 2.24) is 19.7 Å². The van der Waals surface area contributed by atoms with Crippen molar-refractivity contribution >= 4 is 40.1 Å². The second kappa shape index (κ2) is 11.0. The summed E-state index contributed by atoms with van der Waals surface area (Å²) in [5.74, 6) is 0.233. The van der Waals surface area contributed by atoms with Gasteiger partial charge in [0.15, 0.2) is 22.2 Å². The van der Waals surface area contributed by atoms with E-state index in [9.17, 15) is 14.0 Å². The molecule has 0 spiro atoms. The van der Waals surface area contributed by atoms with Crippen LogP contribution in [0.3, 0.4) is 0 Å². The van der Waals surface area contributed by atoms with E-state index in [1.165, 1.54) is 35.2 Å². The fourth-order valence-electron chi connectivity index (χ4n) is 2.67. The number of aromatic nitrogens is 4. The fraction of sp³-hybridized carbons (Fsp3) is 0.350. The monoisotopic (exact) mass is 479 g/mol. The van der Waals surface area contributed by atoms with Gasteiger partial charge in [-0.1, -0.05) is 11.8 Å². The second-order valence-corrected chi connectivity index (χ2v) is 8.38. The number of carbonyl (C=O) groups excluding carboxylic acids is 2. The van der Waals surface area contributed by atoms with Crippen molar-refractivity contribution in [3.63, 3.8) is 0 Å². The first-order valence-corrected chi connectivity index (χ1v) is 11.6. The van der Waals surface area contributed by atoms with Crippen LogP contribution in [0.4, 0.5) is 9.52 Å². The molecule has 3 aromatic rings. The van der Waals surface area contributed by atoms with Gasteiger partial charge in [0.1, 0.15) is 11.6 Å². The Kier molecular flexibility index (Phi) is 8.17. The molecule has 0 aliphatic carbocycles. The Balaban J connectivity index is 1.51. The molecule has 0 bridgehead atoms. The molecular weight excluding hydrogens is 457 g/mol. The highest BCUT2D eigenvalue weighted by Gasteiger charge is 2.18. The molecule has 1 N–H and O–H groups in total. The summed E-state index contributed by atoms with van der Waals surface area (Å²) in [6.07, 6.45) is -0.358. The number of hydrogen-bond acceptors (Lipinski definition) is 9. The number of hydrogen-bond donors (Lipinski definition) is 1. The summed E-state index contributed by atoms with van der Waals surface area (Å²) in [6, 6.07) is 5.72. The Morgan fingerprint density at radius 2 is 2.03 bits per heavy atom. The average Bonchev–Trinajstić information content (AvgIpc) is 3.34. The van der Waals surface area contributed by atoms with Crippen molar-refractivity contribution in [2.45, 2.75) is 31.5 Å². The second-order valence-electron chi connectivity index (χ2n) is 6.58. The summed E-state index contributed by atoms with van der Waals surface area (Å²) in [6.45, 7) is 3.86. The molecule has 1 aromatic carbocycles. The van der Waals surface area contributed by atoms with Crippen LogP contribution in [0.1, 0.15) is 31.5 Å². The number of thiazole rings is 1. The zero-order chi connectivity index (χ0) is 23.1. The number of thioether (sulfide) groups is 1. The van der Waals surface area contributed by atoms with Crippen molar-refractivity contribution in [2.75, 3.05) is 17.7 Å². The average molecular weight is 480 g/mol. The third-order valence-corrected chi connectivity index (χ3v) is 5.95. The number of nitrogens with one attached hydrogen (secondary N) is 1. The molecule has 0 aliphatic heterocycles. The maximum absolute atomic E-state index is 13.0. The van der Waals surface area contributed by atoms with Crippen LogP contribution in [0.15, 0.2) is 34.8 Å². The number of nitrogens with zero attached hydrogens (tertiary/aromatic N) is 4. The fourth-order valence-corrected chi connectivity index (χ4v) is 4.11. The first-order valence-electron chi connectivity index (χ1n) is 9.70. The quantitative estimate of drug-likeness (QED) is 0.348. The summed E-state index contributed by atoms with van der Waals surface area (Å²) >= 11 is 2.46. The lowest BCUT2D eigenvalue weighted by Gasteiger charge is -2.14. The molecule has 0 fully saturated rings. The Bertz CT molecular complexity index is 1070. The Labute approximate surface area is 192 Å². The van der Waals surface area contributed by atoms with Crippen molar-refractivity contribution < 1.29 is 23.5 Å². The highest BCUT2D eigenvalue weighted by Crippen LogP contribution is 2.24. The van der Waals surface area contributed by atoms with Crippen LogP contribution in [-0.2, 0) is 27.8 Å². The predicted octanol–water partition coefficient (Wildman–Crippen LogP) is 3.39. The van der Waals surface area contributed by atoms with E-state index in [1.54, 1.807) is 36.1 Å². The number of anilines is 1. The lowest BCUT2D eigenvalue weighted by molar-refractivity contribution is -0.142. The van der Waals surface area contributed by atoms with Gasteiger partial charge in [-0.25, -0.2) is 9.37 Å². The predicted molar refractivity (Wildman–Crippen MR) is 118 cm³/mol. The summed E-state index contributed by atoms with van der Waals surface area (Å²) < 4.78 is 25.5. The van der Waals surface area contributed by atoms with Gasteiger partial charge < -0.3 is 19.4 Å². The SMILES string of the molecule is CCOC(=O)Cc1csc(NC(=O)CSc2nnc(C(C)Oc3ccc(F)cc3)n2C)n1. The lowest BCUT2D eigenvalue weighted by Crippen LogP contribution is -2.15. The molecule has 3 rings (SSSR count). The zero-order valence-corrected chi connectivity index (χ0v) is 19.3. The number of halogens is 1. The van der Waals surface area contributed by atoms with E-state index in [1.807, 2.05) is 6.92 Å². The maximum atomic E-state index is 13.0. The van der Waals surface area contributed by atoms with Crippen LogP contribution >= 0.6 is 23.1 Å². The van der Waals surface area contributed by atoms with E-state index in [2.05, 4.69) is 20.5 Å². The third kappa shape index (κ3) is 6.50. The summed E-state index contributed by atoms with van der Waals surface area (Å²) in [5.41, 5.74) is 0.546. The molecule has 0 radical (unpaired) electrons. The summed E-state index contributed by atoms with van der Waals surface area (Å²) in [7, 11) is 1.78. The van der Waals surface area contributed by atoms with Crippen LogP contribution in [0.25, 0.3) is 0 Å². The molecule has 9 nitrogen and oxygen atoms in total. The van der Waals surface area contributed by atoms with E-state index in [-0.39, 0.29) is 29.9 Å². The molecule has 12 heteroatoms. The number of ether oxygens (including phenoxy) is 2. The molecule has 1 amide bonds. The Hall–Kier alpha value is -2.99. The minimum Gasteiger partial charge on any atom is -0.483 e. The van der Waals surface area contributed by atoms with Crippen molar-refractivity contribution in [1.29, 1.82) is 0 Å². The van der Waals surface area contributed by atoms with Gasteiger partial charge in [0, 0.05) is 12.4 Å². The van der Waals surface area contributed by atoms with Crippen LogP contribution in [-0.4, -0.2) is 44.0 Å². The summed E-state index contributed by atoms with van der Waals surface area (Å²) in [4.78, 5) is 28.0. The zero-order valence-electron chi connectivity index (χ0n) is 17.7. The Morgan fingerprint density at radius 1 is 1.28 bits per heavy atom. The maximum Gasteiger partial charge on any atom is 0.311 e. The normalized spacial score (nSPS) is 11.8. The highest BCUT2D eigenvalue weighted by atomic mass is 32.2. The van der Waals surface area contributed by atoms with Gasteiger partial charge in [0.05, 0.1) is 24.5 Å². The minimum absolute atomic E-state index is 0.0643. The topological polar surface area (TPSA) is 108 Å². The van der Waals surface area contributed by atoms with Crippen LogP contribution in [0.5, 0.6) is 5.75 Å². The smallest absolute Gasteiger partial charge is 0.311 e. The summed E-state index contributed by atoms with van der Waals surface area (Å²) in [5, 5.41) is 13.6. The Morgan fingerprint density at radius 3 is 2.75 bits per heavy atom. The van der Waals surface area contributed by atoms with Gasteiger partial charge in [-0.3, -0.25) is 9.59 Å². The third-order valence-electron chi connectivity index (χ3n) is 4.12. The first kappa shape index (κ1) is 23.7. The van der Waals surface area contributed by atoms with Gasteiger partial charge in [-0.2, -0.15) is 0 Å². The molecule has 170 valence electrons. The van der Waals surface area contributed by atoms with Gasteiger partial charge >= 0.3 is 5.97 Å². The molecule has 0 saturated carbocycles. The van der Waals surface area contributed by atoms with Gasteiger partial charge in [0.2, 0.25) is 5.91 Å². The number of carbonyl (C=O) groups is 2. The highest BCUT2D eigenvalue weighted by molar-refractivity contribution is 7.99. The van der Waals surface area contributed by atoms with Crippen LogP contribution in [0, 0.1) is 5.82 Å². The minimum atomic E-state index is -0.422.